The number of aryl methyl sites for hydroxylation is 1. The summed E-state index contributed by atoms with van der Waals surface area (Å²) in [5.74, 6) is 1.78. The lowest BCUT2D eigenvalue weighted by molar-refractivity contribution is -0.121. The van der Waals surface area contributed by atoms with Crippen molar-refractivity contribution in [3.8, 4) is 0 Å². The number of nitrogens with one attached hydrogen (secondary N) is 1. The molecule has 0 bridgehead atoms. The molecule has 4 nitrogen and oxygen atoms in total. The van der Waals surface area contributed by atoms with Crippen LogP contribution in [0.15, 0.2) is 42.6 Å². The van der Waals surface area contributed by atoms with Gasteiger partial charge in [-0.15, -0.1) is 0 Å². The first kappa shape index (κ1) is 16.8. The van der Waals surface area contributed by atoms with Crippen molar-refractivity contribution in [3.63, 3.8) is 0 Å². The van der Waals surface area contributed by atoms with Crippen molar-refractivity contribution in [2.24, 2.45) is 0 Å². The summed E-state index contributed by atoms with van der Waals surface area (Å²) in [7, 11) is 0. The lowest BCUT2D eigenvalue weighted by atomic mass is 9.87. The van der Waals surface area contributed by atoms with Crippen molar-refractivity contribution >= 4 is 23.4 Å². The van der Waals surface area contributed by atoms with Gasteiger partial charge in [-0.2, -0.15) is 11.8 Å². The number of rotatable bonds is 6. The Labute approximate surface area is 147 Å². The van der Waals surface area contributed by atoms with Crippen LogP contribution in [0.2, 0.25) is 0 Å². The number of nitrogens with two attached hydrogens (primary N) is 1. The number of anilines is 1. The molecule has 1 unspecified atom stereocenters. The second kappa shape index (κ2) is 8.20. The Hall–Kier alpha value is -2.01. The first-order valence-corrected chi connectivity index (χ1v) is 9.53. The third-order valence-corrected chi connectivity index (χ3v) is 5.26. The van der Waals surface area contributed by atoms with E-state index in [-0.39, 0.29) is 11.9 Å². The van der Waals surface area contributed by atoms with Gasteiger partial charge in [0.1, 0.15) is 0 Å². The van der Waals surface area contributed by atoms with Gasteiger partial charge < -0.3 is 11.1 Å². The summed E-state index contributed by atoms with van der Waals surface area (Å²) in [5.41, 5.74) is 10.2. The molecule has 5 heteroatoms. The van der Waals surface area contributed by atoms with E-state index >= 15 is 0 Å². The highest BCUT2D eigenvalue weighted by molar-refractivity contribution is 7.98. The standard InChI is InChI=1S/C19H23N3OS/c20-15-7-8-17-14(12-15)4-3-6-18(17)22-19(23)9-11-24-13-16-5-1-2-10-21-16/h1-2,5,7-8,10,12,18H,3-4,6,9,11,13,20H2,(H,22,23). The minimum Gasteiger partial charge on any atom is -0.399 e. The molecule has 1 aliphatic rings. The zero-order valence-electron chi connectivity index (χ0n) is 13.7. The van der Waals surface area contributed by atoms with Crippen molar-refractivity contribution in [1.82, 2.24) is 10.3 Å². The van der Waals surface area contributed by atoms with E-state index in [1.54, 1.807) is 18.0 Å². The number of hydrogen-bond acceptors (Lipinski definition) is 4. The van der Waals surface area contributed by atoms with E-state index in [0.717, 1.165) is 42.1 Å². The number of pyridine rings is 1. The van der Waals surface area contributed by atoms with Crippen molar-refractivity contribution in [3.05, 3.63) is 59.4 Å². The lowest BCUT2D eigenvalue weighted by Crippen LogP contribution is -2.31. The summed E-state index contributed by atoms with van der Waals surface area (Å²) in [6, 6.07) is 12.1. The smallest absolute Gasteiger partial charge is 0.221 e. The van der Waals surface area contributed by atoms with Crippen LogP contribution < -0.4 is 11.1 Å². The van der Waals surface area contributed by atoms with E-state index in [2.05, 4.69) is 16.4 Å². The average Bonchev–Trinajstić information content (AvgIpc) is 2.59. The van der Waals surface area contributed by atoms with Crippen LogP contribution in [-0.2, 0) is 17.0 Å². The Balaban J connectivity index is 1.46. The van der Waals surface area contributed by atoms with Gasteiger partial charge >= 0.3 is 0 Å². The first-order valence-electron chi connectivity index (χ1n) is 8.37. The highest BCUT2D eigenvalue weighted by Gasteiger charge is 2.21. The normalized spacial score (nSPS) is 16.4. The Bertz CT molecular complexity index is 690. The van der Waals surface area contributed by atoms with Crippen molar-refractivity contribution in [2.45, 2.75) is 37.5 Å². The van der Waals surface area contributed by atoms with Gasteiger partial charge in [-0.25, -0.2) is 0 Å². The molecule has 24 heavy (non-hydrogen) atoms. The molecule has 0 saturated heterocycles. The summed E-state index contributed by atoms with van der Waals surface area (Å²) in [5, 5.41) is 3.18. The molecule has 0 saturated carbocycles. The molecule has 1 atom stereocenters. The van der Waals surface area contributed by atoms with Crippen LogP contribution in [0.25, 0.3) is 0 Å². The van der Waals surface area contributed by atoms with E-state index in [1.165, 1.54) is 11.1 Å². The summed E-state index contributed by atoms with van der Waals surface area (Å²) in [6.45, 7) is 0. The zero-order chi connectivity index (χ0) is 16.8. The Morgan fingerprint density at radius 2 is 2.25 bits per heavy atom. The number of benzene rings is 1. The number of aromatic nitrogens is 1. The summed E-state index contributed by atoms with van der Waals surface area (Å²) < 4.78 is 0. The van der Waals surface area contributed by atoms with Crippen molar-refractivity contribution < 1.29 is 4.79 Å². The lowest BCUT2D eigenvalue weighted by Gasteiger charge is -2.26. The molecule has 126 valence electrons. The Morgan fingerprint density at radius 1 is 1.33 bits per heavy atom. The molecular weight excluding hydrogens is 318 g/mol. The number of amides is 1. The van der Waals surface area contributed by atoms with Crippen LogP contribution in [0.4, 0.5) is 5.69 Å². The van der Waals surface area contributed by atoms with Gasteiger partial charge in [0.25, 0.3) is 0 Å². The molecule has 1 aromatic heterocycles. The maximum absolute atomic E-state index is 12.2. The van der Waals surface area contributed by atoms with E-state index in [1.807, 2.05) is 30.3 Å². The van der Waals surface area contributed by atoms with Crippen molar-refractivity contribution in [1.29, 1.82) is 0 Å². The fraction of sp³-hybridized carbons (Fsp3) is 0.368. The van der Waals surface area contributed by atoms with Crippen LogP contribution in [0.1, 0.15) is 42.1 Å². The predicted octanol–water partition coefficient (Wildman–Crippen LogP) is 3.48. The predicted molar refractivity (Wildman–Crippen MR) is 99.7 cm³/mol. The SMILES string of the molecule is Nc1ccc2c(c1)CCCC2NC(=O)CCSCc1ccccn1. The van der Waals surface area contributed by atoms with Gasteiger partial charge in [0, 0.05) is 29.8 Å². The molecule has 0 fully saturated rings. The molecule has 0 radical (unpaired) electrons. The van der Waals surface area contributed by atoms with E-state index in [4.69, 9.17) is 5.73 Å². The maximum Gasteiger partial charge on any atom is 0.221 e. The van der Waals surface area contributed by atoms with Crippen molar-refractivity contribution in [2.75, 3.05) is 11.5 Å². The van der Waals surface area contributed by atoms with Crippen LogP contribution in [0, 0.1) is 0 Å². The Kier molecular flexibility index (Phi) is 5.75. The number of nitrogens with zero attached hydrogens (tertiary/aromatic N) is 1. The van der Waals surface area contributed by atoms with Gasteiger partial charge in [-0.1, -0.05) is 12.1 Å². The van der Waals surface area contributed by atoms with E-state index in [9.17, 15) is 4.79 Å². The number of nitrogen functional groups attached to an aromatic ring is 1. The monoisotopic (exact) mass is 341 g/mol. The number of carbonyl (C=O) groups excluding carboxylic acids is 1. The van der Waals surface area contributed by atoms with Gasteiger partial charge in [-0.3, -0.25) is 9.78 Å². The summed E-state index contributed by atoms with van der Waals surface area (Å²) >= 11 is 1.74. The first-order chi connectivity index (χ1) is 11.7. The molecule has 0 spiro atoms. The summed E-state index contributed by atoms with van der Waals surface area (Å²) in [4.78, 5) is 16.5. The Morgan fingerprint density at radius 3 is 3.08 bits per heavy atom. The highest BCUT2D eigenvalue weighted by atomic mass is 32.2. The van der Waals surface area contributed by atoms with Gasteiger partial charge in [-0.05, 0) is 54.7 Å². The van der Waals surface area contributed by atoms with E-state index < -0.39 is 0 Å². The molecule has 3 N–H and O–H groups in total. The second-order valence-corrected chi connectivity index (χ2v) is 7.20. The fourth-order valence-electron chi connectivity index (χ4n) is 3.08. The fourth-order valence-corrected chi connectivity index (χ4v) is 3.93. The van der Waals surface area contributed by atoms with Crippen LogP contribution >= 0.6 is 11.8 Å². The topological polar surface area (TPSA) is 68.0 Å². The maximum atomic E-state index is 12.2. The van der Waals surface area contributed by atoms with Gasteiger partial charge in [0.15, 0.2) is 0 Å². The van der Waals surface area contributed by atoms with Crippen LogP contribution in [0.5, 0.6) is 0 Å². The average molecular weight is 341 g/mol. The molecule has 1 aromatic carbocycles. The number of carbonyl (C=O) groups is 1. The zero-order valence-corrected chi connectivity index (χ0v) is 14.5. The van der Waals surface area contributed by atoms with Crippen LogP contribution in [-0.4, -0.2) is 16.6 Å². The largest absolute Gasteiger partial charge is 0.399 e. The summed E-state index contributed by atoms with van der Waals surface area (Å²) in [6.07, 6.45) is 5.49. The van der Waals surface area contributed by atoms with Gasteiger partial charge in [0.05, 0.1) is 11.7 Å². The molecule has 1 aliphatic carbocycles. The molecule has 3 rings (SSSR count). The molecule has 2 aromatic rings. The highest BCUT2D eigenvalue weighted by Crippen LogP contribution is 2.31. The molecular formula is C19H23N3OS. The number of hydrogen-bond donors (Lipinski definition) is 2. The second-order valence-electron chi connectivity index (χ2n) is 6.09. The quantitative estimate of drug-likeness (QED) is 0.623. The number of fused-ring (bicyclic) bond motifs is 1. The van der Waals surface area contributed by atoms with E-state index in [0.29, 0.717) is 6.42 Å². The van der Waals surface area contributed by atoms with Gasteiger partial charge in [0.2, 0.25) is 5.91 Å². The van der Waals surface area contributed by atoms with Crippen LogP contribution in [0.3, 0.4) is 0 Å². The third kappa shape index (κ3) is 4.51. The minimum atomic E-state index is 0.123. The molecule has 1 heterocycles. The molecule has 0 aliphatic heterocycles. The molecule has 1 amide bonds. The minimum absolute atomic E-state index is 0.123. The number of thioether (sulfide) groups is 1. The third-order valence-electron chi connectivity index (χ3n) is 4.27.